The molecular weight excluding hydrogens is 773 g/mol. The number of aromatic nitrogens is 6. The third-order valence-electron chi connectivity index (χ3n) is 7.88. The zero-order chi connectivity index (χ0) is 35.1. The van der Waals surface area contributed by atoms with E-state index in [2.05, 4.69) is 106 Å². The van der Waals surface area contributed by atoms with Crippen LogP contribution in [0.4, 0.5) is 13.2 Å². The first kappa shape index (κ1) is 37.2. The van der Waals surface area contributed by atoms with Crippen LogP contribution in [0, 0.1) is 0 Å². The first-order valence-corrected chi connectivity index (χ1v) is 16.8. The van der Waals surface area contributed by atoms with Gasteiger partial charge in [0.2, 0.25) is 0 Å². The molecule has 0 unspecified atom stereocenters. The van der Waals surface area contributed by atoms with Crippen molar-refractivity contribution in [3.63, 3.8) is 0 Å². The van der Waals surface area contributed by atoms with Gasteiger partial charge < -0.3 is 4.55 Å². The topological polar surface area (TPSA) is 111 Å². The van der Waals surface area contributed by atoms with Gasteiger partial charge in [-0.1, -0.05) is 72.8 Å². The summed E-state index contributed by atoms with van der Waals surface area (Å²) in [5.41, 5.74) is 5.14. The van der Waals surface area contributed by atoms with Crippen LogP contribution in [0.25, 0.3) is 33.4 Å². The van der Waals surface area contributed by atoms with Crippen LogP contribution < -0.4 is 0 Å². The van der Waals surface area contributed by atoms with E-state index in [1.54, 1.807) is 0 Å². The summed E-state index contributed by atoms with van der Waals surface area (Å²) in [5.74, 6) is 0. The quantitative estimate of drug-likeness (QED) is 0.0852. The molecule has 4 aromatic carbocycles. The molecule has 7 rings (SSSR count). The Morgan fingerprint density at radius 3 is 1.04 bits per heavy atom. The third-order valence-corrected chi connectivity index (χ3v) is 8.44. The second-order valence-corrected chi connectivity index (χ2v) is 12.7. The van der Waals surface area contributed by atoms with E-state index >= 15 is 0 Å². The van der Waals surface area contributed by atoms with Gasteiger partial charge in [-0.3, -0.25) is 14.0 Å². The molecule has 0 radical (unpaired) electrons. The summed E-state index contributed by atoms with van der Waals surface area (Å²) >= 11 is 0. The number of rotatable bonds is 9. The molecule has 0 atom stereocenters. The second kappa shape index (κ2) is 16.3. The summed E-state index contributed by atoms with van der Waals surface area (Å²) in [6.07, 6.45) is 11.5. The number of alkyl halides is 3. The van der Waals surface area contributed by atoms with Crippen LogP contribution in [-0.2, 0) is 52.1 Å². The standard InChI is InChI=1S/C36H30N6.CHF3O3S.Ag/c1-4-13-34(28(10-1)25-40-19-7-16-37-40)31-22-32(35-14-5-2-11-29(35)26-41-20-8-17-38-41)24-33(23-31)36-15-6-3-12-30(36)27-42-21-9-18-39-42;2-1(3,4)8(5,6)7;/h1-24H,25-27H2;(H,5,6,7);/q;;+1/p-1. The predicted octanol–water partition coefficient (Wildman–Crippen LogP) is 7.47. The van der Waals surface area contributed by atoms with Gasteiger partial charge in [0.05, 0.1) is 19.6 Å². The van der Waals surface area contributed by atoms with Gasteiger partial charge in [0.15, 0.2) is 10.1 Å². The summed E-state index contributed by atoms with van der Waals surface area (Å²) in [7, 11) is -6.09. The maximum Gasteiger partial charge on any atom is 1.00 e. The maximum atomic E-state index is 10.7. The zero-order valence-corrected chi connectivity index (χ0v) is 29.0. The molecule has 3 heterocycles. The van der Waals surface area contributed by atoms with Gasteiger partial charge in [0.25, 0.3) is 0 Å². The molecule has 264 valence electrons. The van der Waals surface area contributed by atoms with Crippen LogP contribution in [0.2, 0.25) is 0 Å². The van der Waals surface area contributed by atoms with Gasteiger partial charge in [-0.2, -0.15) is 28.5 Å². The Balaban J connectivity index is 0.000000504. The van der Waals surface area contributed by atoms with E-state index in [-0.39, 0.29) is 22.4 Å². The van der Waals surface area contributed by atoms with Gasteiger partial charge in [-0.05, 0) is 86.5 Å². The molecule has 9 nitrogen and oxygen atoms in total. The molecule has 7 aromatic rings. The van der Waals surface area contributed by atoms with Crippen LogP contribution >= 0.6 is 0 Å². The van der Waals surface area contributed by atoms with E-state index in [4.69, 9.17) is 13.0 Å². The van der Waals surface area contributed by atoms with Crippen LogP contribution in [0.5, 0.6) is 0 Å². The SMILES string of the molecule is O=S(=O)([O-])C(F)(F)F.[Ag+].c1ccc(-c2cc(-c3ccccc3Cn3cccn3)cc(-c3ccccc3Cn3cccn3)c2)c(Cn2cccn2)c1. The van der Waals surface area contributed by atoms with E-state index in [1.807, 2.05) is 69.4 Å². The summed E-state index contributed by atoms with van der Waals surface area (Å²) < 4.78 is 64.8. The third kappa shape index (κ3) is 9.39. The molecule has 0 amide bonds. The molecule has 0 bridgehead atoms. The van der Waals surface area contributed by atoms with E-state index in [0.717, 1.165) is 0 Å². The van der Waals surface area contributed by atoms with Crippen LogP contribution in [0.1, 0.15) is 16.7 Å². The Morgan fingerprint density at radius 2 is 0.804 bits per heavy atom. The number of halogens is 3. The Hall–Kier alpha value is -5.05. The first-order valence-electron chi connectivity index (χ1n) is 15.4. The second-order valence-electron chi connectivity index (χ2n) is 11.3. The molecule has 14 heteroatoms. The fourth-order valence-corrected chi connectivity index (χ4v) is 5.62. The normalized spacial score (nSPS) is 11.4. The molecule has 0 saturated carbocycles. The van der Waals surface area contributed by atoms with E-state index in [1.165, 1.54) is 50.1 Å². The summed E-state index contributed by atoms with van der Waals surface area (Å²) in [5, 5.41) is 13.4. The maximum absolute atomic E-state index is 10.7. The zero-order valence-electron chi connectivity index (χ0n) is 26.7. The van der Waals surface area contributed by atoms with Crippen molar-refractivity contribution in [3.8, 4) is 33.4 Å². The Labute approximate surface area is 308 Å². The van der Waals surface area contributed by atoms with Crippen molar-refractivity contribution >= 4 is 10.1 Å². The first-order chi connectivity index (χ1) is 24.0. The minimum absolute atomic E-state index is 0. The van der Waals surface area contributed by atoms with E-state index in [9.17, 15) is 13.2 Å². The fraction of sp³-hybridized carbons (Fsp3) is 0.108. The molecule has 0 spiro atoms. The Bertz CT molecular complexity index is 2040. The molecule has 0 aliphatic carbocycles. The predicted molar refractivity (Wildman–Crippen MR) is 182 cm³/mol. The fourth-order valence-electron chi connectivity index (χ4n) is 5.62. The monoisotopic (exact) mass is 802 g/mol. The van der Waals surface area contributed by atoms with Crippen molar-refractivity contribution in [1.29, 1.82) is 0 Å². The molecule has 51 heavy (non-hydrogen) atoms. The van der Waals surface area contributed by atoms with Gasteiger partial charge >= 0.3 is 27.9 Å². The molecule has 0 N–H and O–H groups in total. The number of hydrogen-bond acceptors (Lipinski definition) is 6. The average molecular weight is 804 g/mol. The molecule has 0 saturated heterocycles. The largest absolute Gasteiger partial charge is 1.00 e. The molecule has 0 fully saturated rings. The molecule has 3 aromatic heterocycles. The van der Waals surface area contributed by atoms with Crippen LogP contribution in [-0.4, -0.2) is 47.8 Å². The number of nitrogens with zero attached hydrogens (tertiary/aromatic N) is 6. The number of hydrogen-bond donors (Lipinski definition) is 0. The molecule has 0 aliphatic heterocycles. The Kier molecular flexibility index (Phi) is 11.9. The van der Waals surface area contributed by atoms with Crippen molar-refractivity contribution in [1.82, 2.24) is 29.3 Å². The molecular formula is C37H30AgF3N6O3S. The minimum atomic E-state index is -6.09. The minimum Gasteiger partial charge on any atom is -0.741 e. The van der Waals surface area contributed by atoms with Crippen molar-refractivity contribution in [3.05, 3.63) is 163 Å². The van der Waals surface area contributed by atoms with E-state index < -0.39 is 15.6 Å². The van der Waals surface area contributed by atoms with E-state index in [0.29, 0.717) is 19.6 Å². The van der Waals surface area contributed by atoms with Crippen LogP contribution in [0.15, 0.2) is 146 Å². The smallest absolute Gasteiger partial charge is 0.741 e. The van der Waals surface area contributed by atoms with Crippen molar-refractivity contribution < 1.29 is 48.5 Å². The van der Waals surface area contributed by atoms with Gasteiger partial charge in [0.1, 0.15) is 0 Å². The summed E-state index contributed by atoms with van der Waals surface area (Å²) in [6, 6.07) is 38.8. The number of benzene rings is 4. The Morgan fingerprint density at radius 1 is 0.529 bits per heavy atom. The van der Waals surface area contributed by atoms with Gasteiger partial charge in [0, 0.05) is 37.2 Å². The van der Waals surface area contributed by atoms with Crippen LogP contribution in [0.3, 0.4) is 0 Å². The average Bonchev–Trinajstić information content (AvgIpc) is 3.91. The molecule has 0 aliphatic rings. The summed E-state index contributed by atoms with van der Waals surface area (Å²) in [6.45, 7) is 2.11. The van der Waals surface area contributed by atoms with Gasteiger partial charge in [-0.25, -0.2) is 8.42 Å². The van der Waals surface area contributed by atoms with Gasteiger partial charge in [-0.15, -0.1) is 0 Å². The summed E-state index contributed by atoms with van der Waals surface area (Å²) in [4.78, 5) is 0. The van der Waals surface area contributed by atoms with Crippen molar-refractivity contribution in [2.75, 3.05) is 0 Å². The van der Waals surface area contributed by atoms with Crippen molar-refractivity contribution in [2.45, 2.75) is 25.1 Å². The van der Waals surface area contributed by atoms with Crippen molar-refractivity contribution in [2.24, 2.45) is 0 Å².